The van der Waals surface area contributed by atoms with E-state index in [0.717, 1.165) is 5.56 Å². The Morgan fingerprint density at radius 3 is 1.73 bits per heavy atom. The van der Waals surface area contributed by atoms with Gasteiger partial charge in [0.25, 0.3) is 0 Å². The predicted octanol–water partition coefficient (Wildman–Crippen LogP) is 5.98. The van der Waals surface area contributed by atoms with Crippen molar-refractivity contribution < 1.29 is 13.2 Å². The standard InChI is InChI=1S/C19H19F3/c1-18(2,3)16-11-9-15(10-12-16)17(13-19(20,21)22)14-7-5-4-6-8-14/h4-13H,1-3H3/b17-13-. The van der Waals surface area contributed by atoms with Gasteiger partial charge in [-0.05, 0) is 27.7 Å². The van der Waals surface area contributed by atoms with Crippen LogP contribution in [0.15, 0.2) is 60.7 Å². The van der Waals surface area contributed by atoms with Crippen LogP contribution >= 0.6 is 0 Å². The Labute approximate surface area is 129 Å². The van der Waals surface area contributed by atoms with Crippen LogP contribution < -0.4 is 0 Å². The van der Waals surface area contributed by atoms with Gasteiger partial charge in [-0.1, -0.05) is 75.4 Å². The fourth-order valence-corrected chi connectivity index (χ4v) is 2.26. The van der Waals surface area contributed by atoms with Crippen LogP contribution in [0.25, 0.3) is 5.57 Å². The number of halogens is 3. The van der Waals surface area contributed by atoms with E-state index in [9.17, 15) is 13.2 Å². The molecular formula is C19H19F3. The van der Waals surface area contributed by atoms with E-state index in [0.29, 0.717) is 17.2 Å². The van der Waals surface area contributed by atoms with Gasteiger partial charge in [0.1, 0.15) is 0 Å². The van der Waals surface area contributed by atoms with Crippen molar-refractivity contribution in [1.82, 2.24) is 0 Å². The number of allylic oxidation sites excluding steroid dienone is 1. The molecule has 0 nitrogen and oxygen atoms in total. The van der Waals surface area contributed by atoms with Gasteiger partial charge in [0.2, 0.25) is 0 Å². The third-order valence-electron chi connectivity index (χ3n) is 3.45. The van der Waals surface area contributed by atoms with Crippen molar-refractivity contribution >= 4 is 5.57 Å². The lowest BCUT2D eigenvalue weighted by Gasteiger charge is -2.19. The van der Waals surface area contributed by atoms with E-state index in [4.69, 9.17) is 0 Å². The summed E-state index contributed by atoms with van der Waals surface area (Å²) in [6.45, 7) is 6.23. The molecule has 2 aromatic carbocycles. The normalized spacial score (nSPS) is 13.3. The number of hydrogen-bond acceptors (Lipinski definition) is 0. The van der Waals surface area contributed by atoms with E-state index in [2.05, 4.69) is 20.8 Å². The molecule has 0 bridgehead atoms. The molecule has 22 heavy (non-hydrogen) atoms. The van der Waals surface area contributed by atoms with E-state index < -0.39 is 6.18 Å². The smallest absolute Gasteiger partial charge is 0.167 e. The molecule has 0 atom stereocenters. The van der Waals surface area contributed by atoms with Gasteiger partial charge in [-0.25, -0.2) is 0 Å². The Morgan fingerprint density at radius 1 is 0.773 bits per heavy atom. The van der Waals surface area contributed by atoms with Gasteiger partial charge in [0, 0.05) is 6.08 Å². The van der Waals surface area contributed by atoms with Crippen molar-refractivity contribution in [2.45, 2.75) is 32.4 Å². The van der Waals surface area contributed by atoms with E-state index in [-0.39, 0.29) is 11.0 Å². The van der Waals surface area contributed by atoms with Crippen molar-refractivity contribution in [3.05, 3.63) is 77.4 Å². The van der Waals surface area contributed by atoms with Crippen LogP contribution in [0.4, 0.5) is 13.2 Å². The summed E-state index contributed by atoms with van der Waals surface area (Å²) in [5, 5.41) is 0. The van der Waals surface area contributed by atoms with E-state index in [1.54, 1.807) is 42.5 Å². The Hall–Kier alpha value is -2.03. The Kier molecular flexibility index (Phi) is 4.45. The lowest BCUT2D eigenvalue weighted by molar-refractivity contribution is -0.0793. The van der Waals surface area contributed by atoms with Crippen LogP contribution in [0.1, 0.15) is 37.5 Å². The summed E-state index contributed by atoms with van der Waals surface area (Å²) in [4.78, 5) is 0. The Morgan fingerprint density at radius 2 is 1.27 bits per heavy atom. The second kappa shape index (κ2) is 5.99. The Bertz CT molecular complexity index is 642. The molecule has 2 rings (SSSR count). The van der Waals surface area contributed by atoms with Crippen molar-refractivity contribution in [3.8, 4) is 0 Å². The molecule has 2 aromatic rings. The predicted molar refractivity (Wildman–Crippen MR) is 84.7 cm³/mol. The molecular weight excluding hydrogens is 285 g/mol. The van der Waals surface area contributed by atoms with Crippen LogP contribution in [-0.4, -0.2) is 6.18 Å². The molecule has 0 N–H and O–H groups in total. The van der Waals surface area contributed by atoms with E-state index in [1.807, 2.05) is 12.1 Å². The number of alkyl halides is 3. The minimum atomic E-state index is -4.35. The van der Waals surface area contributed by atoms with Crippen molar-refractivity contribution in [1.29, 1.82) is 0 Å². The monoisotopic (exact) mass is 304 g/mol. The van der Waals surface area contributed by atoms with Crippen molar-refractivity contribution in [3.63, 3.8) is 0 Å². The second-order valence-corrected chi connectivity index (χ2v) is 6.29. The lowest BCUT2D eigenvalue weighted by atomic mass is 9.85. The maximum Gasteiger partial charge on any atom is 0.410 e. The van der Waals surface area contributed by atoms with Crippen LogP contribution in [0, 0.1) is 0 Å². The molecule has 0 saturated heterocycles. The zero-order chi connectivity index (χ0) is 16.4. The Balaban J connectivity index is 2.49. The molecule has 0 fully saturated rings. The zero-order valence-corrected chi connectivity index (χ0v) is 12.9. The van der Waals surface area contributed by atoms with Gasteiger partial charge in [0.05, 0.1) is 0 Å². The summed E-state index contributed by atoms with van der Waals surface area (Å²) in [6, 6.07) is 15.9. The third kappa shape index (κ3) is 4.23. The molecule has 0 spiro atoms. The molecule has 0 amide bonds. The van der Waals surface area contributed by atoms with Crippen molar-refractivity contribution in [2.24, 2.45) is 0 Å². The molecule has 116 valence electrons. The van der Waals surface area contributed by atoms with Gasteiger partial charge in [-0.2, -0.15) is 13.2 Å². The first-order chi connectivity index (χ1) is 10.2. The molecule has 0 saturated carbocycles. The van der Waals surface area contributed by atoms with Gasteiger partial charge in [-0.15, -0.1) is 0 Å². The lowest BCUT2D eigenvalue weighted by Crippen LogP contribution is -2.10. The molecule has 0 aliphatic carbocycles. The highest BCUT2D eigenvalue weighted by atomic mass is 19.4. The maximum atomic E-state index is 12.9. The second-order valence-electron chi connectivity index (χ2n) is 6.29. The summed E-state index contributed by atoms with van der Waals surface area (Å²) >= 11 is 0. The minimum Gasteiger partial charge on any atom is -0.167 e. The molecule has 0 heterocycles. The molecule has 0 unspecified atom stereocenters. The highest BCUT2D eigenvalue weighted by molar-refractivity contribution is 5.80. The quantitative estimate of drug-likeness (QED) is 0.640. The first-order valence-corrected chi connectivity index (χ1v) is 7.13. The van der Waals surface area contributed by atoms with Crippen LogP contribution in [0.2, 0.25) is 0 Å². The zero-order valence-electron chi connectivity index (χ0n) is 12.9. The summed E-state index contributed by atoms with van der Waals surface area (Å²) < 4.78 is 38.6. The summed E-state index contributed by atoms with van der Waals surface area (Å²) in [7, 11) is 0. The van der Waals surface area contributed by atoms with Crippen molar-refractivity contribution in [2.75, 3.05) is 0 Å². The average molecular weight is 304 g/mol. The number of rotatable bonds is 2. The van der Waals surface area contributed by atoms with E-state index in [1.165, 1.54) is 0 Å². The summed E-state index contributed by atoms with van der Waals surface area (Å²) in [6.07, 6.45) is -3.98. The fourth-order valence-electron chi connectivity index (χ4n) is 2.26. The number of benzene rings is 2. The SMILES string of the molecule is CC(C)(C)c1ccc(/C(=C\C(F)(F)F)c2ccccc2)cc1. The first kappa shape index (κ1) is 16.3. The minimum absolute atomic E-state index is 0.0286. The molecule has 0 aliphatic rings. The fraction of sp³-hybridized carbons (Fsp3) is 0.263. The molecule has 3 heteroatoms. The maximum absolute atomic E-state index is 12.9. The average Bonchev–Trinajstić information content (AvgIpc) is 2.44. The summed E-state index contributed by atoms with van der Waals surface area (Å²) in [5.41, 5.74) is 2.38. The topological polar surface area (TPSA) is 0 Å². The van der Waals surface area contributed by atoms with Gasteiger partial charge >= 0.3 is 6.18 Å². The van der Waals surface area contributed by atoms with Gasteiger partial charge < -0.3 is 0 Å². The molecule has 0 radical (unpaired) electrons. The van der Waals surface area contributed by atoms with Crippen LogP contribution in [0.5, 0.6) is 0 Å². The first-order valence-electron chi connectivity index (χ1n) is 7.13. The number of hydrogen-bond donors (Lipinski definition) is 0. The largest absolute Gasteiger partial charge is 0.410 e. The molecule has 0 aromatic heterocycles. The van der Waals surface area contributed by atoms with Gasteiger partial charge in [0.15, 0.2) is 0 Å². The highest BCUT2D eigenvalue weighted by Gasteiger charge is 2.25. The molecule has 0 aliphatic heterocycles. The summed E-state index contributed by atoms with van der Waals surface area (Å²) in [5.74, 6) is 0. The van der Waals surface area contributed by atoms with Gasteiger partial charge in [-0.3, -0.25) is 0 Å². The van der Waals surface area contributed by atoms with Crippen LogP contribution in [0.3, 0.4) is 0 Å². The van der Waals surface area contributed by atoms with Crippen LogP contribution in [-0.2, 0) is 5.41 Å². The highest BCUT2D eigenvalue weighted by Crippen LogP contribution is 2.31. The third-order valence-corrected chi connectivity index (χ3v) is 3.45. The van der Waals surface area contributed by atoms with E-state index >= 15 is 0 Å².